The van der Waals surface area contributed by atoms with Crippen LogP contribution in [0.25, 0.3) is 10.8 Å². The molecule has 3 N–H and O–H groups in total. The highest BCUT2D eigenvalue weighted by Crippen LogP contribution is 2.41. The number of hydrazine groups is 1. The fraction of sp³-hybridized carbons (Fsp3) is 0.304. The lowest BCUT2D eigenvalue weighted by Crippen LogP contribution is -2.32. The van der Waals surface area contributed by atoms with Gasteiger partial charge in [-0.3, -0.25) is 4.79 Å². The summed E-state index contributed by atoms with van der Waals surface area (Å²) in [4.78, 5) is 19.2. The number of nitrogens with one attached hydrogen (secondary N) is 3. The molecule has 0 aliphatic carbocycles. The van der Waals surface area contributed by atoms with E-state index in [2.05, 4.69) is 60.3 Å². The molecule has 0 amide bonds. The molecule has 3 heterocycles. The van der Waals surface area contributed by atoms with Crippen molar-refractivity contribution in [1.29, 1.82) is 0 Å². The molecule has 1 aliphatic heterocycles. The van der Waals surface area contributed by atoms with Crippen molar-refractivity contribution >= 4 is 16.5 Å². The van der Waals surface area contributed by atoms with Gasteiger partial charge in [0, 0.05) is 18.5 Å². The molecule has 0 fully saturated rings. The molecule has 0 radical (unpaired) electrons. The van der Waals surface area contributed by atoms with E-state index in [0.29, 0.717) is 29.1 Å². The van der Waals surface area contributed by atoms with E-state index in [0.717, 1.165) is 12.1 Å². The fourth-order valence-corrected chi connectivity index (χ4v) is 4.51. The van der Waals surface area contributed by atoms with Crippen molar-refractivity contribution in [3.8, 4) is 0 Å². The predicted molar refractivity (Wildman–Crippen MR) is 123 cm³/mol. The molecule has 33 heavy (non-hydrogen) atoms. The van der Waals surface area contributed by atoms with Gasteiger partial charge in [0.25, 0.3) is 5.56 Å². The Hall–Kier alpha value is -3.63. The van der Waals surface area contributed by atoms with Crippen LogP contribution in [0.3, 0.4) is 0 Å². The molecular weight excluding hydrogens is 423 g/mol. The number of aryl methyl sites for hydroxylation is 1. The van der Waals surface area contributed by atoms with Gasteiger partial charge in [-0.1, -0.05) is 24.3 Å². The number of H-pyrrole nitrogens is 1. The number of nitrogens with zero attached hydrogens (tertiary/aromatic N) is 5. The van der Waals surface area contributed by atoms with Crippen molar-refractivity contribution in [2.45, 2.75) is 32.0 Å². The molecule has 0 spiro atoms. The van der Waals surface area contributed by atoms with Crippen molar-refractivity contribution < 1.29 is 4.39 Å². The molecule has 5 rings (SSSR count). The van der Waals surface area contributed by atoms with Crippen LogP contribution in [-0.4, -0.2) is 44.0 Å². The zero-order valence-corrected chi connectivity index (χ0v) is 18.6. The number of hydrogen-bond acceptors (Lipinski definition) is 7. The monoisotopic (exact) mass is 448 g/mol. The average Bonchev–Trinajstić information content (AvgIpc) is 3.20. The Morgan fingerprint density at radius 2 is 1.97 bits per heavy atom. The third-order valence-electron chi connectivity index (χ3n) is 5.93. The maximum atomic E-state index is 14.3. The second-order valence-corrected chi connectivity index (χ2v) is 8.45. The number of aromatic amines is 1. The first-order valence-electron chi connectivity index (χ1n) is 10.8. The molecule has 2 unspecified atom stereocenters. The van der Waals surface area contributed by atoms with Crippen LogP contribution in [0.5, 0.6) is 0 Å². The van der Waals surface area contributed by atoms with Gasteiger partial charge in [0.1, 0.15) is 18.0 Å². The molecule has 2 aromatic heterocycles. The van der Waals surface area contributed by atoms with E-state index < -0.39 is 17.3 Å². The topological polar surface area (TPSA) is 104 Å². The largest absolute Gasteiger partial charge is 0.320 e. The molecule has 1 aliphatic rings. The average molecular weight is 449 g/mol. The van der Waals surface area contributed by atoms with Crippen LogP contribution in [-0.2, 0) is 13.1 Å². The third-order valence-corrected chi connectivity index (χ3v) is 5.93. The summed E-state index contributed by atoms with van der Waals surface area (Å²) in [6, 6.07) is 10.6. The number of aromatic nitrogens is 5. The zero-order chi connectivity index (χ0) is 23.1. The van der Waals surface area contributed by atoms with Crippen LogP contribution < -0.4 is 16.4 Å². The SMILES string of the molecule is CCn1ncnc1C1c2n[nH]c(=O)c3cc(F)cc(c23)NNC1c1ccc(CN(C)C)cc1. The van der Waals surface area contributed by atoms with Gasteiger partial charge in [-0.15, -0.1) is 0 Å². The van der Waals surface area contributed by atoms with Gasteiger partial charge < -0.3 is 10.3 Å². The maximum Gasteiger partial charge on any atom is 0.272 e. The summed E-state index contributed by atoms with van der Waals surface area (Å²) in [7, 11) is 4.06. The molecule has 0 saturated carbocycles. The maximum absolute atomic E-state index is 14.3. The summed E-state index contributed by atoms with van der Waals surface area (Å²) in [5, 5.41) is 12.2. The summed E-state index contributed by atoms with van der Waals surface area (Å²) < 4.78 is 16.2. The van der Waals surface area contributed by atoms with Gasteiger partial charge in [-0.2, -0.15) is 10.2 Å². The lowest BCUT2D eigenvalue weighted by molar-refractivity contribution is 0.402. The predicted octanol–water partition coefficient (Wildman–Crippen LogP) is 2.54. The number of rotatable bonds is 5. The minimum absolute atomic E-state index is 0.235. The van der Waals surface area contributed by atoms with E-state index in [-0.39, 0.29) is 11.4 Å². The standard InChI is InChI=1S/C23H25FN8O/c1-4-32-22(25-12-26-32)19-20(14-7-5-13(6-8-14)11-31(2)3)28-27-17-10-15(24)9-16-18(17)21(19)29-30-23(16)33/h5-10,12,19-20,27-28H,4,11H2,1-3H3,(H,30,33). The smallest absolute Gasteiger partial charge is 0.272 e. The first-order valence-corrected chi connectivity index (χ1v) is 10.8. The van der Waals surface area contributed by atoms with Crippen molar-refractivity contribution in [2.24, 2.45) is 0 Å². The Bertz CT molecular complexity index is 1360. The molecular formula is C23H25FN8O. The number of anilines is 1. The molecule has 9 nitrogen and oxygen atoms in total. The normalized spacial score (nSPS) is 17.8. The van der Waals surface area contributed by atoms with E-state index in [1.54, 1.807) is 0 Å². The second kappa shape index (κ2) is 8.38. The molecule has 2 atom stereocenters. The molecule has 10 heteroatoms. The van der Waals surface area contributed by atoms with E-state index in [1.165, 1.54) is 24.0 Å². The van der Waals surface area contributed by atoms with Gasteiger partial charge in [0.15, 0.2) is 0 Å². The van der Waals surface area contributed by atoms with Crippen molar-refractivity contribution in [3.05, 3.63) is 81.5 Å². The summed E-state index contributed by atoms with van der Waals surface area (Å²) in [5.41, 5.74) is 9.26. The Morgan fingerprint density at radius 3 is 2.70 bits per heavy atom. The minimum atomic E-state index is -0.505. The van der Waals surface area contributed by atoms with Gasteiger partial charge in [0.05, 0.1) is 28.7 Å². The highest BCUT2D eigenvalue weighted by atomic mass is 19.1. The number of benzene rings is 2. The summed E-state index contributed by atoms with van der Waals surface area (Å²) in [6.07, 6.45) is 1.52. The first kappa shape index (κ1) is 21.2. The fourth-order valence-electron chi connectivity index (χ4n) is 4.51. The summed E-state index contributed by atoms with van der Waals surface area (Å²) >= 11 is 0. The molecule has 0 bridgehead atoms. The van der Waals surface area contributed by atoms with Crippen LogP contribution >= 0.6 is 0 Å². The second-order valence-electron chi connectivity index (χ2n) is 8.45. The lowest BCUT2D eigenvalue weighted by Gasteiger charge is -2.26. The van der Waals surface area contributed by atoms with Crippen LogP contribution in [0.15, 0.2) is 47.5 Å². The molecule has 170 valence electrons. The third kappa shape index (κ3) is 3.77. The Kier molecular flexibility index (Phi) is 5.39. The van der Waals surface area contributed by atoms with Gasteiger partial charge in [-0.25, -0.2) is 24.6 Å². The summed E-state index contributed by atoms with van der Waals surface area (Å²) in [6.45, 7) is 3.44. The number of halogens is 1. The van der Waals surface area contributed by atoms with E-state index in [1.807, 2.05) is 25.7 Å². The van der Waals surface area contributed by atoms with E-state index in [9.17, 15) is 9.18 Å². The van der Waals surface area contributed by atoms with E-state index in [4.69, 9.17) is 0 Å². The zero-order valence-electron chi connectivity index (χ0n) is 18.6. The van der Waals surface area contributed by atoms with Crippen molar-refractivity contribution in [2.75, 3.05) is 19.5 Å². The summed E-state index contributed by atoms with van der Waals surface area (Å²) in [5.74, 6) is -0.202. The van der Waals surface area contributed by atoms with Gasteiger partial charge in [0.2, 0.25) is 0 Å². The highest BCUT2D eigenvalue weighted by molar-refractivity contribution is 5.96. The minimum Gasteiger partial charge on any atom is -0.320 e. The van der Waals surface area contributed by atoms with Gasteiger partial charge in [-0.05, 0) is 44.3 Å². The van der Waals surface area contributed by atoms with Crippen LogP contribution in [0.1, 0.15) is 41.5 Å². The Labute approximate surface area is 189 Å². The lowest BCUT2D eigenvalue weighted by atomic mass is 9.87. The Balaban J connectivity index is 1.72. The Morgan fingerprint density at radius 1 is 1.18 bits per heavy atom. The van der Waals surface area contributed by atoms with Gasteiger partial charge >= 0.3 is 0 Å². The van der Waals surface area contributed by atoms with E-state index >= 15 is 0 Å². The van der Waals surface area contributed by atoms with Crippen LogP contribution in [0.2, 0.25) is 0 Å². The molecule has 4 aromatic rings. The van der Waals surface area contributed by atoms with Crippen LogP contribution in [0, 0.1) is 5.82 Å². The highest BCUT2D eigenvalue weighted by Gasteiger charge is 2.36. The van der Waals surface area contributed by atoms with Crippen LogP contribution in [0.4, 0.5) is 10.1 Å². The number of hydrogen-bond donors (Lipinski definition) is 3. The van der Waals surface area contributed by atoms with Crippen molar-refractivity contribution in [3.63, 3.8) is 0 Å². The molecule has 0 saturated heterocycles. The molecule has 2 aromatic carbocycles. The first-order chi connectivity index (χ1) is 16.0. The van der Waals surface area contributed by atoms with Crippen molar-refractivity contribution in [1.82, 2.24) is 35.3 Å². The quantitative estimate of drug-likeness (QED) is 0.431.